The SMILES string of the molecule is CCC(C)=CC1CCC(CC)CC1. The molecule has 0 unspecified atom stereocenters. The minimum atomic E-state index is 0.905. The lowest BCUT2D eigenvalue weighted by atomic mass is 9.80. The summed E-state index contributed by atoms with van der Waals surface area (Å²) in [7, 11) is 0. The second-order valence-electron chi connectivity index (χ2n) is 4.56. The van der Waals surface area contributed by atoms with Crippen molar-refractivity contribution in [2.45, 2.75) is 59.3 Å². The second kappa shape index (κ2) is 5.47. The van der Waals surface area contributed by atoms with Crippen molar-refractivity contribution in [3.63, 3.8) is 0 Å². The van der Waals surface area contributed by atoms with Crippen LogP contribution in [-0.4, -0.2) is 0 Å². The highest BCUT2D eigenvalue weighted by Crippen LogP contribution is 2.31. The minimum absolute atomic E-state index is 0.905. The molecule has 0 heteroatoms. The van der Waals surface area contributed by atoms with E-state index in [9.17, 15) is 0 Å². The van der Waals surface area contributed by atoms with Gasteiger partial charge < -0.3 is 0 Å². The molecule has 1 fully saturated rings. The Kier molecular flexibility index (Phi) is 4.55. The first-order chi connectivity index (χ1) is 6.26. The van der Waals surface area contributed by atoms with E-state index in [1.165, 1.54) is 38.5 Å². The van der Waals surface area contributed by atoms with E-state index < -0.39 is 0 Å². The van der Waals surface area contributed by atoms with Gasteiger partial charge in [-0.1, -0.05) is 31.9 Å². The topological polar surface area (TPSA) is 0 Å². The lowest BCUT2D eigenvalue weighted by Crippen LogP contribution is -2.12. The Labute approximate surface area is 83.4 Å². The van der Waals surface area contributed by atoms with Gasteiger partial charge in [-0.15, -0.1) is 0 Å². The maximum absolute atomic E-state index is 2.52. The molecule has 1 saturated carbocycles. The summed E-state index contributed by atoms with van der Waals surface area (Å²) in [6.07, 6.45) is 11.0. The Morgan fingerprint density at radius 2 is 1.77 bits per heavy atom. The number of rotatable bonds is 3. The van der Waals surface area contributed by atoms with E-state index in [1.54, 1.807) is 5.57 Å². The molecular weight excluding hydrogens is 156 g/mol. The molecule has 0 aromatic rings. The predicted octanol–water partition coefficient (Wildman–Crippen LogP) is 4.56. The molecule has 0 spiro atoms. The van der Waals surface area contributed by atoms with Gasteiger partial charge in [0.05, 0.1) is 0 Å². The van der Waals surface area contributed by atoms with E-state index in [-0.39, 0.29) is 0 Å². The summed E-state index contributed by atoms with van der Waals surface area (Å²) in [4.78, 5) is 0. The van der Waals surface area contributed by atoms with Gasteiger partial charge in [-0.3, -0.25) is 0 Å². The van der Waals surface area contributed by atoms with Crippen molar-refractivity contribution in [2.24, 2.45) is 11.8 Å². The van der Waals surface area contributed by atoms with Gasteiger partial charge in [0, 0.05) is 0 Å². The first kappa shape index (κ1) is 10.8. The zero-order valence-electron chi connectivity index (χ0n) is 9.47. The third-order valence-corrected chi connectivity index (χ3v) is 3.55. The van der Waals surface area contributed by atoms with Crippen molar-refractivity contribution in [2.75, 3.05) is 0 Å². The zero-order valence-corrected chi connectivity index (χ0v) is 9.47. The standard InChI is InChI=1S/C13H24/c1-4-11(3)10-13-8-6-12(5-2)7-9-13/h10,12-13H,4-9H2,1-3H3. The molecule has 76 valence electrons. The van der Waals surface area contributed by atoms with E-state index in [0.717, 1.165) is 11.8 Å². The third kappa shape index (κ3) is 3.54. The molecule has 0 aliphatic heterocycles. The lowest BCUT2D eigenvalue weighted by molar-refractivity contribution is 0.303. The van der Waals surface area contributed by atoms with E-state index in [4.69, 9.17) is 0 Å². The van der Waals surface area contributed by atoms with Crippen molar-refractivity contribution in [3.8, 4) is 0 Å². The van der Waals surface area contributed by atoms with Crippen LogP contribution in [0.3, 0.4) is 0 Å². The first-order valence-electron chi connectivity index (χ1n) is 5.93. The van der Waals surface area contributed by atoms with Crippen LogP contribution in [0.5, 0.6) is 0 Å². The van der Waals surface area contributed by atoms with Gasteiger partial charge in [-0.05, 0) is 50.9 Å². The zero-order chi connectivity index (χ0) is 9.68. The third-order valence-electron chi connectivity index (χ3n) is 3.55. The van der Waals surface area contributed by atoms with Gasteiger partial charge in [0.25, 0.3) is 0 Å². The average Bonchev–Trinajstić information content (AvgIpc) is 2.19. The molecule has 0 N–H and O–H groups in total. The van der Waals surface area contributed by atoms with Crippen LogP contribution in [0.15, 0.2) is 11.6 Å². The van der Waals surface area contributed by atoms with Crippen molar-refractivity contribution in [1.29, 1.82) is 0 Å². The normalized spacial score (nSPS) is 30.5. The largest absolute Gasteiger partial charge is 0.0825 e. The van der Waals surface area contributed by atoms with Gasteiger partial charge in [0.2, 0.25) is 0 Å². The number of hydrogen-bond acceptors (Lipinski definition) is 0. The number of hydrogen-bond donors (Lipinski definition) is 0. The Morgan fingerprint density at radius 3 is 2.23 bits per heavy atom. The van der Waals surface area contributed by atoms with Gasteiger partial charge >= 0.3 is 0 Å². The maximum atomic E-state index is 2.52. The molecule has 0 saturated heterocycles. The van der Waals surface area contributed by atoms with Crippen LogP contribution < -0.4 is 0 Å². The molecule has 0 amide bonds. The highest BCUT2D eigenvalue weighted by atomic mass is 14.2. The van der Waals surface area contributed by atoms with E-state index >= 15 is 0 Å². The van der Waals surface area contributed by atoms with Crippen molar-refractivity contribution < 1.29 is 0 Å². The molecule has 0 atom stereocenters. The Hall–Kier alpha value is -0.260. The Balaban J connectivity index is 2.32. The smallest absolute Gasteiger partial charge is 0.0231 e. The second-order valence-corrected chi connectivity index (χ2v) is 4.56. The summed E-state index contributed by atoms with van der Waals surface area (Å²) in [6.45, 7) is 6.85. The van der Waals surface area contributed by atoms with E-state index in [1.807, 2.05) is 0 Å². The molecule has 1 aliphatic rings. The molecule has 1 rings (SSSR count). The van der Waals surface area contributed by atoms with Crippen LogP contribution in [0.25, 0.3) is 0 Å². The van der Waals surface area contributed by atoms with Gasteiger partial charge in [0.15, 0.2) is 0 Å². The summed E-state index contributed by atoms with van der Waals surface area (Å²) in [5, 5.41) is 0. The maximum Gasteiger partial charge on any atom is -0.0231 e. The van der Waals surface area contributed by atoms with Gasteiger partial charge in [0.1, 0.15) is 0 Å². The fourth-order valence-electron chi connectivity index (χ4n) is 2.28. The van der Waals surface area contributed by atoms with Crippen molar-refractivity contribution in [3.05, 3.63) is 11.6 Å². The quantitative estimate of drug-likeness (QED) is 0.558. The van der Waals surface area contributed by atoms with Crippen molar-refractivity contribution in [1.82, 2.24) is 0 Å². The summed E-state index contributed by atoms with van der Waals surface area (Å²) in [6, 6.07) is 0. The van der Waals surface area contributed by atoms with Crippen LogP contribution in [0, 0.1) is 11.8 Å². The van der Waals surface area contributed by atoms with Gasteiger partial charge in [-0.25, -0.2) is 0 Å². The molecule has 0 nitrogen and oxygen atoms in total. The highest BCUT2D eigenvalue weighted by Gasteiger charge is 2.17. The molecule has 13 heavy (non-hydrogen) atoms. The molecule has 0 aromatic carbocycles. The van der Waals surface area contributed by atoms with Crippen LogP contribution in [0.1, 0.15) is 59.3 Å². The summed E-state index contributed by atoms with van der Waals surface area (Å²) in [5.74, 6) is 1.94. The fraction of sp³-hybridized carbons (Fsp3) is 0.846. The molecular formula is C13H24. The Morgan fingerprint density at radius 1 is 1.15 bits per heavy atom. The fourth-order valence-corrected chi connectivity index (χ4v) is 2.28. The molecule has 0 aromatic heterocycles. The lowest BCUT2D eigenvalue weighted by Gasteiger charge is -2.26. The highest BCUT2D eigenvalue weighted by molar-refractivity contribution is 5.01. The summed E-state index contributed by atoms with van der Waals surface area (Å²) >= 11 is 0. The van der Waals surface area contributed by atoms with Crippen molar-refractivity contribution >= 4 is 0 Å². The monoisotopic (exact) mass is 180 g/mol. The van der Waals surface area contributed by atoms with E-state index in [0.29, 0.717) is 0 Å². The molecule has 0 heterocycles. The predicted molar refractivity (Wildman–Crippen MR) is 59.8 cm³/mol. The minimum Gasteiger partial charge on any atom is -0.0825 e. The first-order valence-corrected chi connectivity index (χ1v) is 5.93. The molecule has 0 bridgehead atoms. The molecule has 0 radical (unpaired) electrons. The molecule has 1 aliphatic carbocycles. The van der Waals surface area contributed by atoms with Gasteiger partial charge in [-0.2, -0.15) is 0 Å². The summed E-state index contributed by atoms with van der Waals surface area (Å²) in [5.41, 5.74) is 1.58. The van der Waals surface area contributed by atoms with Crippen LogP contribution in [0.2, 0.25) is 0 Å². The van der Waals surface area contributed by atoms with E-state index in [2.05, 4.69) is 26.8 Å². The van der Waals surface area contributed by atoms with Crippen LogP contribution in [0.4, 0.5) is 0 Å². The number of allylic oxidation sites excluding steroid dienone is 2. The Bertz CT molecular complexity index is 159. The van der Waals surface area contributed by atoms with Crippen LogP contribution in [-0.2, 0) is 0 Å². The average molecular weight is 180 g/mol. The summed E-state index contributed by atoms with van der Waals surface area (Å²) < 4.78 is 0. The van der Waals surface area contributed by atoms with Crippen LogP contribution >= 0.6 is 0 Å².